The molecule has 0 aliphatic heterocycles. The molecule has 5 N–H and O–H groups in total. The Bertz CT molecular complexity index is 1060. The Morgan fingerprint density at radius 3 is 2.51 bits per heavy atom. The van der Waals surface area contributed by atoms with Gasteiger partial charge < -0.3 is 26.2 Å². The van der Waals surface area contributed by atoms with Crippen LogP contribution in [0, 0.1) is 17.2 Å². The fourth-order valence-corrected chi connectivity index (χ4v) is 5.18. The first kappa shape index (κ1) is 26.8. The van der Waals surface area contributed by atoms with Crippen molar-refractivity contribution >= 4 is 29.2 Å². The zero-order valence-corrected chi connectivity index (χ0v) is 20.8. The number of carbonyl (C=O) groups is 3. The Labute approximate surface area is 208 Å². The van der Waals surface area contributed by atoms with E-state index in [-0.39, 0.29) is 30.3 Å². The molecular formula is C25H32FN3O5S. The maximum Gasteiger partial charge on any atom is 0.353 e. The van der Waals surface area contributed by atoms with E-state index >= 15 is 0 Å². The zero-order valence-electron chi connectivity index (χ0n) is 19.9. The molecule has 1 saturated carbocycles. The molecule has 1 aliphatic rings. The number of ether oxygens (including phenoxy) is 1. The predicted molar refractivity (Wildman–Crippen MR) is 131 cm³/mol. The number of aliphatic carboxylic acids is 1. The van der Waals surface area contributed by atoms with E-state index < -0.39 is 23.2 Å². The number of hydrogen-bond donors (Lipinski definition) is 4. The van der Waals surface area contributed by atoms with E-state index in [1.165, 1.54) is 23.5 Å². The van der Waals surface area contributed by atoms with Crippen molar-refractivity contribution in [2.45, 2.75) is 58.5 Å². The number of nitrogens with one attached hydrogen (secondary N) is 2. The van der Waals surface area contributed by atoms with Crippen LogP contribution in [0.4, 0.5) is 4.39 Å². The average molecular weight is 506 g/mol. The van der Waals surface area contributed by atoms with Crippen molar-refractivity contribution in [1.82, 2.24) is 10.6 Å². The molecular weight excluding hydrogens is 473 g/mol. The van der Waals surface area contributed by atoms with E-state index in [1.54, 1.807) is 18.2 Å². The van der Waals surface area contributed by atoms with Gasteiger partial charge in [0.15, 0.2) is 11.6 Å². The summed E-state index contributed by atoms with van der Waals surface area (Å²) < 4.78 is 19.6. The second-order valence-corrected chi connectivity index (χ2v) is 10.6. The maximum atomic E-state index is 14.3. The molecule has 8 nitrogen and oxygen atoms in total. The van der Waals surface area contributed by atoms with Crippen LogP contribution in [0.15, 0.2) is 30.3 Å². The van der Waals surface area contributed by atoms with Crippen LogP contribution in [-0.4, -0.2) is 35.7 Å². The van der Waals surface area contributed by atoms with Crippen LogP contribution < -0.4 is 21.1 Å². The van der Waals surface area contributed by atoms with Crippen LogP contribution in [0.1, 0.15) is 59.6 Å². The van der Waals surface area contributed by atoms with Gasteiger partial charge in [-0.3, -0.25) is 9.59 Å². The number of carbonyl (C=O) groups excluding carboxylic acids is 2. The van der Waals surface area contributed by atoms with Crippen LogP contribution in [0.5, 0.6) is 5.75 Å². The van der Waals surface area contributed by atoms with E-state index in [2.05, 4.69) is 10.6 Å². The second-order valence-electron chi connectivity index (χ2n) is 9.47. The lowest BCUT2D eigenvalue weighted by Gasteiger charge is -2.31. The van der Waals surface area contributed by atoms with Gasteiger partial charge in [-0.2, -0.15) is 0 Å². The number of hydrogen-bond acceptors (Lipinski definition) is 7. The number of carboxylic acids is 1. The van der Waals surface area contributed by atoms with Crippen molar-refractivity contribution in [3.63, 3.8) is 0 Å². The van der Waals surface area contributed by atoms with Gasteiger partial charge in [0.25, 0.3) is 0 Å². The van der Waals surface area contributed by atoms with Gasteiger partial charge in [0.05, 0.1) is 5.92 Å². The number of halogens is 1. The number of amides is 1. The molecule has 2 aromatic rings. The highest BCUT2D eigenvalue weighted by Crippen LogP contribution is 2.30. The molecule has 1 aromatic carbocycles. The molecule has 1 aliphatic carbocycles. The fraction of sp³-hybridized carbons (Fsp3) is 0.480. The standard InChI is InChI=1S/C25H32FN3O5S/c1-25(2,24(33)29-17-6-4-16(5-7-17)22(30)31)12-18-8-10-21(35-18)23(32)34-20-9-3-15(11-19(20)26)13-28-14-27/h3,8-11,16-17,28H,4-7,12-14,27H2,1-2H3,(H,29,33)(H,30,31)/t16-,17+. The minimum absolute atomic E-state index is 0.0291. The predicted octanol–water partition coefficient (Wildman–Crippen LogP) is 3.44. The van der Waals surface area contributed by atoms with Crippen molar-refractivity contribution in [3.05, 3.63) is 51.5 Å². The van der Waals surface area contributed by atoms with E-state index in [9.17, 15) is 18.8 Å². The van der Waals surface area contributed by atoms with Gasteiger partial charge in [-0.25, -0.2) is 9.18 Å². The smallest absolute Gasteiger partial charge is 0.353 e. The van der Waals surface area contributed by atoms with Crippen molar-refractivity contribution < 1.29 is 28.6 Å². The van der Waals surface area contributed by atoms with Gasteiger partial charge in [0.2, 0.25) is 5.91 Å². The van der Waals surface area contributed by atoms with Crippen LogP contribution in [0.2, 0.25) is 0 Å². The SMILES string of the molecule is CC(C)(Cc1ccc(C(=O)Oc2ccc(CNCN)cc2F)s1)C(=O)N[C@H]1CC[C@@H](C(=O)O)CC1. The first-order valence-corrected chi connectivity index (χ1v) is 12.4. The molecule has 190 valence electrons. The number of benzene rings is 1. The highest BCUT2D eigenvalue weighted by molar-refractivity contribution is 7.14. The Morgan fingerprint density at radius 2 is 1.89 bits per heavy atom. The molecule has 1 amide bonds. The molecule has 1 aromatic heterocycles. The minimum Gasteiger partial charge on any atom is -0.481 e. The number of rotatable bonds is 10. The van der Waals surface area contributed by atoms with Gasteiger partial charge in [0, 0.05) is 29.5 Å². The summed E-state index contributed by atoms with van der Waals surface area (Å²) in [5, 5.41) is 15.1. The molecule has 1 fully saturated rings. The quantitative estimate of drug-likeness (QED) is 0.221. The third-order valence-electron chi connectivity index (χ3n) is 6.18. The number of carboxylic acid groups (broad SMARTS) is 1. The molecule has 10 heteroatoms. The van der Waals surface area contributed by atoms with Crippen molar-refractivity contribution in [2.24, 2.45) is 17.1 Å². The highest BCUT2D eigenvalue weighted by atomic mass is 32.1. The van der Waals surface area contributed by atoms with Gasteiger partial charge in [0.1, 0.15) is 4.88 Å². The molecule has 0 radical (unpaired) electrons. The van der Waals surface area contributed by atoms with Crippen molar-refractivity contribution in [3.8, 4) is 5.75 Å². The monoisotopic (exact) mass is 505 g/mol. The summed E-state index contributed by atoms with van der Waals surface area (Å²) in [4.78, 5) is 37.7. The normalized spacial score (nSPS) is 18.2. The molecule has 0 saturated heterocycles. The molecule has 0 spiro atoms. The van der Waals surface area contributed by atoms with E-state index in [1.807, 2.05) is 13.8 Å². The first-order chi connectivity index (χ1) is 16.6. The van der Waals surface area contributed by atoms with Crippen LogP contribution in [0.3, 0.4) is 0 Å². The lowest BCUT2D eigenvalue weighted by molar-refractivity contribution is -0.142. The topological polar surface area (TPSA) is 131 Å². The van der Waals surface area contributed by atoms with Gasteiger partial charge in [-0.15, -0.1) is 11.3 Å². The van der Waals surface area contributed by atoms with Crippen LogP contribution >= 0.6 is 11.3 Å². The number of thiophene rings is 1. The van der Waals surface area contributed by atoms with Gasteiger partial charge >= 0.3 is 11.9 Å². The molecule has 1 heterocycles. The molecule has 35 heavy (non-hydrogen) atoms. The number of esters is 1. The van der Waals surface area contributed by atoms with E-state index in [0.29, 0.717) is 49.1 Å². The lowest BCUT2D eigenvalue weighted by Crippen LogP contribution is -2.45. The summed E-state index contributed by atoms with van der Waals surface area (Å²) in [6.07, 6.45) is 2.83. The third-order valence-corrected chi connectivity index (χ3v) is 7.24. The first-order valence-electron chi connectivity index (χ1n) is 11.6. The molecule has 0 atom stereocenters. The van der Waals surface area contributed by atoms with Crippen LogP contribution in [-0.2, 0) is 22.6 Å². The van der Waals surface area contributed by atoms with E-state index in [0.717, 1.165) is 4.88 Å². The summed E-state index contributed by atoms with van der Waals surface area (Å²) in [5.74, 6) is -2.67. The lowest BCUT2D eigenvalue weighted by atomic mass is 9.84. The molecule has 3 rings (SSSR count). The third kappa shape index (κ3) is 7.33. The Balaban J connectivity index is 1.55. The van der Waals surface area contributed by atoms with Crippen molar-refractivity contribution in [1.29, 1.82) is 0 Å². The Hall–Kier alpha value is -2.82. The number of nitrogens with two attached hydrogens (primary N) is 1. The Morgan fingerprint density at radius 1 is 1.17 bits per heavy atom. The summed E-state index contributed by atoms with van der Waals surface area (Å²) in [6, 6.07) is 7.71. The molecule has 0 unspecified atom stereocenters. The highest BCUT2D eigenvalue weighted by Gasteiger charge is 2.33. The van der Waals surface area contributed by atoms with Crippen molar-refractivity contribution in [2.75, 3.05) is 6.67 Å². The fourth-order valence-electron chi connectivity index (χ4n) is 4.07. The summed E-state index contributed by atoms with van der Waals surface area (Å²) in [5.41, 5.74) is 5.33. The zero-order chi connectivity index (χ0) is 25.6. The maximum absolute atomic E-state index is 14.3. The van der Waals surface area contributed by atoms with Gasteiger partial charge in [-0.05, 0) is 61.9 Å². The largest absolute Gasteiger partial charge is 0.481 e. The average Bonchev–Trinajstić information content (AvgIpc) is 3.27. The minimum atomic E-state index is -0.776. The van der Waals surface area contributed by atoms with Gasteiger partial charge in [-0.1, -0.05) is 19.9 Å². The second kappa shape index (κ2) is 11.7. The summed E-state index contributed by atoms with van der Waals surface area (Å²) >= 11 is 1.21. The van der Waals surface area contributed by atoms with Crippen LogP contribution in [0.25, 0.3) is 0 Å². The van der Waals surface area contributed by atoms with E-state index in [4.69, 9.17) is 15.6 Å². The summed E-state index contributed by atoms with van der Waals surface area (Å²) in [7, 11) is 0. The summed E-state index contributed by atoms with van der Waals surface area (Å²) in [6.45, 7) is 4.34. The molecule has 0 bridgehead atoms. The Kier molecular flexibility index (Phi) is 8.98.